The molecule has 0 saturated carbocycles. The lowest BCUT2D eigenvalue weighted by Crippen LogP contribution is -2.40. The molecule has 33 heavy (non-hydrogen) atoms. The molecule has 1 amide bonds. The van der Waals surface area contributed by atoms with Gasteiger partial charge in [-0.2, -0.15) is 0 Å². The standard InChI is InChI=1S/C21H23N3O8S/c1-14-8-10-23(11-9-14)20(26)13-32-21(27)18-12-17(6-7-19(18)25)33(30,31)22-15-2-4-16(5-3-15)24(28)29/h2-7,12,14,22,25H,8-11,13H2,1H3. The van der Waals surface area contributed by atoms with Gasteiger partial charge < -0.3 is 14.7 Å². The van der Waals surface area contributed by atoms with Crippen molar-refractivity contribution in [2.75, 3.05) is 24.4 Å². The van der Waals surface area contributed by atoms with Crippen LogP contribution in [0.5, 0.6) is 5.75 Å². The number of carbonyl (C=O) groups excluding carboxylic acids is 2. The van der Waals surface area contributed by atoms with Gasteiger partial charge in [0.05, 0.1) is 9.82 Å². The molecule has 1 fully saturated rings. The lowest BCUT2D eigenvalue weighted by molar-refractivity contribution is -0.384. The van der Waals surface area contributed by atoms with Crippen LogP contribution in [0.3, 0.4) is 0 Å². The van der Waals surface area contributed by atoms with Crippen LogP contribution in [-0.2, 0) is 19.6 Å². The Morgan fingerprint density at radius 3 is 2.42 bits per heavy atom. The summed E-state index contributed by atoms with van der Waals surface area (Å²) in [7, 11) is -4.19. The van der Waals surface area contributed by atoms with E-state index in [9.17, 15) is 33.2 Å². The van der Waals surface area contributed by atoms with Crippen molar-refractivity contribution in [2.45, 2.75) is 24.7 Å². The highest BCUT2D eigenvalue weighted by Crippen LogP contribution is 2.25. The highest BCUT2D eigenvalue weighted by atomic mass is 32.2. The number of phenols is 1. The molecule has 0 aliphatic carbocycles. The number of hydrogen-bond acceptors (Lipinski definition) is 8. The van der Waals surface area contributed by atoms with Gasteiger partial charge in [-0.15, -0.1) is 0 Å². The molecule has 0 bridgehead atoms. The van der Waals surface area contributed by atoms with E-state index >= 15 is 0 Å². The van der Waals surface area contributed by atoms with E-state index < -0.39 is 38.8 Å². The minimum absolute atomic E-state index is 0.0687. The quantitative estimate of drug-likeness (QED) is 0.350. The molecule has 0 spiro atoms. The number of sulfonamides is 1. The van der Waals surface area contributed by atoms with Gasteiger partial charge in [-0.05, 0) is 49.1 Å². The number of non-ortho nitro benzene ring substituents is 1. The predicted molar refractivity (Wildman–Crippen MR) is 117 cm³/mol. The molecule has 12 heteroatoms. The van der Waals surface area contributed by atoms with E-state index in [0.717, 1.165) is 43.2 Å². The third kappa shape index (κ3) is 5.98. The molecular weight excluding hydrogens is 454 g/mol. The first-order chi connectivity index (χ1) is 15.6. The van der Waals surface area contributed by atoms with E-state index in [1.807, 2.05) is 0 Å². The normalized spacial score (nSPS) is 14.5. The smallest absolute Gasteiger partial charge is 0.342 e. The molecule has 1 heterocycles. The number of carbonyl (C=O) groups is 2. The van der Waals surface area contributed by atoms with Gasteiger partial charge in [-0.3, -0.25) is 19.6 Å². The number of nitro benzene ring substituents is 1. The van der Waals surface area contributed by atoms with Crippen LogP contribution >= 0.6 is 0 Å². The maximum Gasteiger partial charge on any atom is 0.342 e. The third-order valence-electron chi connectivity index (χ3n) is 5.29. The molecule has 0 unspecified atom stereocenters. The summed E-state index contributed by atoms with van der Waals surface area (Å²) in [5.74, 6) is -1.39. The summed E-state index contributed by atoms with van der Waals surface area (Å²) >= 11 is 0. The van der Waals surface area contributed by atoms with E-state index in [4.69, 9.17) is 4.74 Å². The van der Waals surface area contributed by atoms with Crippen LogP contribution < -0.4 is 4.72 Å². The number of hydrogen-bond donors (Lipinski definition) is 2. The van der Waals surface area contributed by atoms with Crippen molar-refractivity contribution in [3.8, 4) is 5.75 Å². The van der Waals surface area contributed by atoms with Crippen LogP contribution in [0.4, 0.5) is 11.4 Å². The van der Waals surface area contributed by atoms with Crippen LogP contribution in [0, 0.1) is 16.0 Å². The minimum Gasteiger partial charge on any atom is -0.507 e. The zero-order valence-corrected chi connectivity index (χ0v) is 18.6. The summed E-state index contributed by atoms with van der Waals surface area (Å²) in [5.41, 5.74) is -0.554. The number of ether oxygens (including phenoxy) is 1. The van der Waals surface area contributed by atoms with E-state index in [1.54, 1.807) is 4.90 Å². The number of anilines is 1. The number of nitrogens with zero attached hydrogens (tertiary/aromatic N) is 2. The van der Waals surface area contributed by atoms with Crippen molar-refractivity contribution in [2.24, 2.45) is 5.92 Å². The number of piperidine rings is 1. The Bertz CT molecular complexity index is 1160. The molecule has 1 aliphatic rings. The lowest BCUT2D eigenvalue weighted by atomic mass is 9.99. The van der Waals surface area contributed by atoms with Crippen LogP contribution in [0.15, 0.2) is 47.4 Å². The molecular formula is C21H23N3O8S. The zero-order valence-electron chi connectivity index (χ0n) is 17.8. The highest BCUT2D eigenvalue weighted by Gasteiger charge is 2.24. The molecule has 0 radical (unpaired) electrons. The molecule has 1 aliphatic heterocycles. The average Bonchev–Trinajstić information content (AvgIpc) is 2.78. The number of rotatable bonds is 7. The Morgan fingerprint density at radius 1 is 1.18 bits per heavy atom. The fourth-order valence-corrected chi connectivity index (χ4v) is 4.35. The van der Waals surface area contributed by atoms with Crippen molar-refractivity contribution in [1.29, 1.82) is 0 Å². The summed E-state index contributed by atoms with van der Waals surface area (Å²) in [6, 6.07) is 7.75. The van der Waals surface area contributed by atoms with Gasteiger partial charge in [0.25, 0.3) is 21.6 Å². The second-order valence-electron chi connectivity index (χ2n) is 7.73. The molecule has 3 rings (SSSR count). The Hall–Kier alpha value is -3.67. The van der Waals surface area contributed by atoms with Gasteiger partial charge >= 0.3 is 5.97 Å². The van der Waals surface area contributed by atoms with Gasteiger partial charge in [0, 0.05) is 30.9 Å². The zero-order chi connectivity index (χ0) is 24.2. The van der Waals surface area contributed by atoms with Gasteiger partial charge in [0.1, 0.15) is 11.3 Å². The fraction of sp³-hybridized carbons (Fsp3) is 0.333. The van der Waals surface area contributed by atoms with E-state index in [-0.39, 0.29) is 22.2 Å². The maximum atomic E-state index is 12.7. The summed E-state index contributed by atoms with van der Waals surface area (Å²) in [6.45, 7) is 2.72. The maximum absolute atomic E-state index is 12.7. The predicted octanol–water partition coefficient (Wildman–Crippen LogP) is 2.52. The number of esters is 1. The summed E-state index contributed by atoms with van der Waals surface area (Å²) in [4.78, 5) is 36.0. The van der Waals surface area contributed by atoms with Crippen LogP contribution in [0.2, 0.25) is 0 Å². The monoisotopic (exact) mass is 477 g/mol. The SMILES string of the molecule is CC1CCN(C(=O)COC(=O)c2cc(S(=O)(=O)Nc3ccc([N+](=O)[O-])cc3)ccc2O)CC1. The van der Waals surface area contributed by atoms with Gasteiger partial charge in [0.15, 0.2) is 6.61 Å². The Labute approximate surface area is 190 Å². The number of benzene rings is 2. The first kappa shape index (κ1) is 24.0. The number of amides is 1. The molecule has 2 aromatic rings. The Kier molecular flexibility index (Phi) is 7.16. The fourth-order valence-electron chi connectivity index (χ4n) is 3.27. The van der Waals surface area contributed by atoms with Crippen molar-refractivity contribution in [1.82, 2.24) is 4.90 Å². The average molecular weight is 477 g/mol. The molecule has 1 saturated heterocycles. The van der Waals surface area contributed by atoms with E-state index in [2.05, 4.69) is 11.6 Å². The minimum atomic E-state index is -4.19. The van der Waals surface area contributed by atoms with Gasteiger partial charge in [0.2, 0.25) is 0 Å². The lowest BCUT2D eigenvalue weighted by Gasteiger charge is -2.30. The molecule has 11 nitrogen and oxygen atoms in total. The first-order valence-corrected chi connectivity index (χ1v) is 11.6. The summed E-state index contributed by atoms with van der Waals surface area (Å²) in [6.07, 6.45) is 1.73. The van der Waals surface area contributed by atoms with E-state index in [0.29, 0.717) is 19.0 Å². The molecule has 0 aromatic heterocycles. The number of nitrogens with one attached hydrogen (secondary N) is 1. The van der Waals surface area contributed by atoms with Crippen molar-refractivity contribution >= 4 is 33.3 Å². The number of likely N-dealkylation sites (tertiary alicyclic amines) is 1. The summed E-state index contributed by atoms with van der Waals surface area (Å²) in [5, 5.41) is 20.7. The van der Waals surface area contributed by atoms with E-state index in [1.165, 1.54) is 12.1 Å². The van der Waals surface area contributed by atoms with Gasteiger partial charge in [-0.1, -0.05) is 6.92 Å². The molecule has 2 N–H and O–H groups in total. The number of nitro groups is 1. The second kappa shape index (κ2) is 9.86. The Morgan fingerprint density at radius 2 is 1.82 bits per heavy atom. The first-order valence-electron chi connectivity index (χ1n) is 10.1. The molecule has 176 valence electrons. The molecule has 0 atom stereocenters. The Balaban J connectivity index is 1.69. The topological polar surface area (TPSA) is 156 Å². The van der Waals surface area contributed by atoms with Crippen molar-refractivity contribution < 1.29 is 32.8 Å². The van der Waals surface area contributed by atoms with Crippen molar-refractivity contribution in [3.05, 3.63) is 58.1 Å². The summed E-state index contributed by atoms with van der Waals surface area (Å²) < 4.78 is 32.6. The van der Waals surface area contributed by atoms with Crippen LogP contribution in [0.1, 0.15) is 30.1 Å². The van der Waals surface area contributed by atoms with Crippen LogP contribution in [0.25, 0.3) is 0 Å². The third-order valence-corrected chi connectivity index (χ3v) is 6.67. The largest absolute Gasteiger partial charge is 0.507 e. The number of aromatic hydroxyl groups is 1. The van der Waals surface area contributed by atoms with Crippen LogP contribution in [-0.4, -0.2) is 54.9 Å². The highest BCUT2D eigenvalue weighted by molar-refractivity contribution is 7.92. The van der Waals surface area contributed by atoms with Gasteiger partial charge in [-0.25, -0.2) is 13.2 Å². The molecule has 2 aromatic carbocycles. The second-order valence-corrected chi connectivity index (χ2v) is 9.41. The van der Waals surface area contributed by atoms with Crippen molar-refractivity contribution in [3.63, 3.8) is 0 Å². The number of phenolic OH excluding ortho intramolecular Hbond substituents is 1.